The molecule has 1 amide bonds. The molecule has 1 aliphatic heterocycles. The fourth-order valence-electron chi connectivity index (χ4n) is 2.38. The lowest BCUT2D eigenvalue weighted by Gasteiger charge is -2.17. The van der Waals surface area contributed by atoms with Crippen molar-refractivity contribution in [2.75, 3.05) is 20.3 Å². The van der Waals surface area contributed by atoms with E-state index in [0.29, 0.717) is 18.7 Å². The van der Waals surface area contributed by atoms with Gasteiger partial charge in [-0.05, 0) is 6.42 Å². The average molecular weight is 292 g/mol. The van der Waals surface area contributed by atoms with Crippen molar-refractivity contribution in [3.05, 3.63) is 34.0 Å². The van der Waals surface area contributed by atoms with Gasteiger partial charge in [-0.25, -0.2) is 4.98 Å². The van der Waals surface area contributed by atoms with E-state index in [1.54, 1.807) is 23.7 Å². The molecule has 0 aromatic carbocycles. The third kappa shape index (κ3) is 2.59. The molecule has 0 bridgehead atoms. The molecule has 6 nitrogen and oxygen atoms in total. The maximum absolute atomic E-state index is 12.5. The maximum Gasteiger partial charge on any atom is 0.257 e. The summed E-state index contributed by atoms with van der Waals surface area (Å²) in [5.74, 6) is 0.206. The second-order valence-corrected chi connectivity index (χ2v) is 5.62. The predicted octanol–water partition coefficient (Wildman–Crippen LogP) is 1.64. The van der Waals surface area contributed by atoms with E-state index >= 15 is 0 Å². The van der Waals surface area contributed by atoms with Gasteiger partial charge in [0, 0.05) is 25.0 Å². The number of carbonyl (C=O) groups is 1. The van der Waals surface area contributed by atoms with Gasteiger partial charge >= 0.3 is 0 Å². The second-order valence-electron chi connectivity index (χ2n) is 4.90. The SMILES string of the molecule is CN(Cc1cscn1)C(=O)c1cn[nH]c1[C@@H]1CCOC1. The van der Waals surface area contributed by atoms with Crippen molar-refractivity contribution >= 4 is 17.2 Å². The van der Waals surface area contributed by atoms with Crippen molar-refractivity contribution in [1.82, 2.24) is 20.1 Å². The summed E-state index contributed by atoms with van der Waals surface area (Å²) in [6.07, 6.45) is 2.53. The molecule has 0 radical (unpaired) electrons. The van der Waals surface area contributed by atoms with Crippen LogP contribution in [0.15, 0.2) is 17.1 Å². The van der Waals surface area contributed by atoms with Crippen LogP contribution in [0.4, 0.5) is 0 Å². The van der Waals surface area contributed by atoms with Gasteiger partial charge in [0.1, 0.15) is 0 Å². The van der Waals surface area contributed by atoms with Crippen LogP contribution in [0.3, 0.4) is 0 Å². The zero-order chi connectivity index (χ0) is 13.9. The van der Waals surface area contributed by atoms with Gasteiger partial charge < -0.3 is 9.64 Å². The summed E-state index contributed by atoms with van der Waals surface area (Å²) in [4.78, 5) is 18.4. The van der Waals surface area contributed by atoms with Crippen molar-refractivity contribution in [1.29, 1.82) is 0 Å². The molecule has 106 valence electrons. The highest BCUT2D eigenvalue weighted by Gasteiger charge is 2.26. The van der Waals surface area contributed by atoms with Crippen LogP contribution in [-0.2, 0) is 11.3 Å². The lowest BCUT2D eigenvalue weighted by molar-refractivity contribution is 0.0782. The Hall–Kier alpha value is -1.73. The summed E-state index contributed by atoms with van der Waals surface area (Å²) >= 11 is 1.53. The average Bonchev–Trinajstić information content (AvgIpc) is 3.18. The van der Waals surface area contributed by atoms with E-state index in [1.807, 2.05) is 5.38 Å². The van der Waals surface area contributed by atoms with Gasteiger partial charge in [-0.3, -0.25) is 9.89 Å². The van der Waals surface area contributed by atoms with Gasteiger partial charge in [0.05, 0.1) is 41.8 Å². The molecule has 7 heteroatoms. The third-order valence-electron chi connectivity index (χ3n) is 3.47. The van der Waals surface area contributed by atoms with E-state index in [9.17, 15) is 4.79 Å². The normalized spacial score (nSPS) is 18.4. The molecule has 1 N–H and O–H groups in total. The van der Waals surface area contributed by atoms with E-state index in [0.717, 1.165) is 24.4 Å². The topological polar surface area (TPSA) is 71.1 Å². The Morgan fingerprint density at radius 2 is 2.55 bits per heavy atom. The highest BCUT2D eigenvalue weighted by molar-refractivity contribution is 7.07. The number of hydrogen-bond acceptors (Lipinski definition) is 5. The number of nitrogens with one attached hydrogen (secondary N) is 1. The Morgan fingerprint density at radius 1 is 1.65 bits per heavy atom. The Kier molecular flexibility index (Phi) is 3.79. The first-order chi connectivity index (χ1) is 9.75. The van der Waals surface area contributed by atoms with Crippen molar-refractivity contribution < 1.29 is 9.53 Å². The van der Waals surface area contributed by atoms with Crippen molar-refractivity contribution in [2.24, 2.45) is 0 Å². The number of thiazole rings is 1. The molecular formula is C13H16N4O2S. The Balaban J connectivity index is 1.75. The first kappa shape index (κ1) is 13.3. The van der Waals surface area contributed by atoms with Gasteiger partial charge in [0.15, 0.2) is 0 Å². The van der Waals surface area contributed by atoms with Crippen LogP contribution in [0.1, 0.15) is 34.1 Å². The highest BCUT2D eigenvalue weighted by atomic mass is 32.1. The number of aromatic amines is 1. The number of carbonyl (C=O) groups excluding carboxylic acids is 1. The third-order valence-corrected chi connectivity index (χ3v) is 4.10. The van der Waals surface area contributed by atoms with Crippen molar-refractivity contribution in [3.63, 3.8) is 0 Å². The molecule has 20 heavy (non-hydrogen) atoms. The molecular weight excluding hydrogens is 276 g/mol. The summed E-state index contributed by atoms with van der Waals surface area (Å²) in [5, 5.41) is 8.93. The Labute approximate surface area is 120 Å². The highest BCUT2D eigenvalue weighted by Crippen LogP contribution is 2.26. The standard InChI is InChI=1S/C13H16N4O2S/c1-17(5-10-7-20-8-14-10)13(18)11-4-15-16-12(11)9-2-3-19-6-9/h4,7-9H,2-3,5-6H2,1H3,(H,15,16)/t9-/m1/s1. The van der Waals surface area contributed by atoms with E-state index in [1.165, 1.54) is 11.3 Å². The largest absolute Gasteiger partial charge is 0.381 e. The molecule has 1 fully saturated rings. The molecule has 0 aliphatic carbocycles. The van der Waals surface area contributed by atoms with Gasteiger partial charge in [-0.1, -0.05) is 0 Å². The molecule has 2 aromatic heterocycles. The smallest absolute Gasteiger partial charge is 0.257 e. The molecule has 2 aromatic rings. The van der Waals surface area contributed by atoms with Crippen LogP contribution >= 0.6 is 11.3 Å². The van der Waals surface area contributed by atoms with Gasteiger partial charge in [-0.2, -0.15) is 5.10 Å². The number of nitrogens with zero attached hydrogens (tertiary/aromatic N) is 3. The maximum atomic E-state index is 12.5. The minimum Gasteiger partial charge on any atom is -0.381 e. The summed E-state index contributed by atoms with van der Waals surface area (Å²) in [6.45, 7) is 1.90. The van der Waals surface area contributed by atoms with Crippen LogP contribution in [0.2, 0.25) is 0 Å². The minimum absolute atomic E-state index is 0.0337. The molecule has 1 aliphatic rings. The quantitative estimate of drug-likeness (QED) is 0.930. The summed E-state index contributed by atoms with van der Waals surface area (Å²) in [7, 11) is 1.78. The van der Waals surface area contributed by atoms with E-state index in [2.05, 4.69) is 15.2 Å². The first-order valence-corrected chi connectivity index (χ1v) is 7.43. The fourth-order valence-corrected chi connectivity index (χ4v) is 2.93. The zero-order valence-electron chi connectivity index (χ0n) is 11.2. The van der Waals surface area contributed by atoms with E-state index < -0.39 is 0 Å². The molecule has 3 rings (SSSR count). The second kappa shape index (κ2) is 5.72. The van der Waals surface area contributed by atoms with Crippen molar-refractivity contribution in [3.8, 4) is 0 Å². The Morgan fingerprint density at radius 3 is 3.25 bits per heavy atom. The van der Waals surface area contributed by atoms with Crippen LogP contribution < -0.4 is 0 Å². The number of amides is 1. The molecule has 0 unspecified atom stereocenters. The first-order valence-electron chi connectivity index (χ1n) is 6.49. The molecule has 0 spiro atoms. The number of ether oxygens (including phenoxy) is 1. The monoisotopic (exact) mass is 292 g/mol. The van der Waals surface area contributed by atoms with E-state index in [4.69, 9.17) is 4.74 Å². The summed E-state index contributed by atoms with van der Waals surface area (Å²) in [6, 6.07) is 0. The van der Waals surface area contributed by atoms with Crippen LogP contribution in [0.5, 0.6) is 0 Å². The zero-order valence-corrected chi connectivity index (χ0v) is 12.0. The predicted molar refractivity (Wildman–Crippen MR) is 74.7 cm³/mol. The number of H-pyrrole nitrogens is 1. The minimum atomic E-state index is -0.0337. The number of hydrogen-bond donors (Lipinski definition) is 1. The van der Waals surface area contributed by atoms with Crippen molar-refractivity contribution in [2.45, 2.75) is 18.9 Å². The number of aromatic nitrogens is 3. The lowest BCUT2D eigenvalue weighted by Crippen LogP contribution is -2.27. The van der Waals surface area contributed by atoms with E-state index in [-0.39, 0.29) is 11.8 Å². The van der Waals surface area contributed by atoms with Crippen LogP contribution in [0, 0.1) is 0 Å². The summed E-state index contributed by atoms with van der Waals surface area (Å²) in [5.41, 5.74) is 4.20. The molecule has 1 atom stereocenters. The van der Waals surface area contributed by atoms with Gasteiger partial charge in [0.25, 0.3) is 5.91 Å². The molecule has 0 saturated carbocycles. The van der Waals surface area contributed by atoms with Crippen LogP contribution in [-0.4, -0.2) is 46.2 Å². The van der Waals surface area contributed by atoms with Crippen LogP contribution in [0.25, 0.3) is 0 Å². The molecule has 3 heterocycles. The number of rotatable bonds is 4. The Bertz CT molecular complexity index is 575. The molecule has 1 saturated heterocycles. The summed E-state index contributed by atoms with van der Waals surface area (Å²) < 4.78 is 5.38. The fraction of sp³-hybridized carbons (Fsp3) is 0.462. The van der Waals surface area contributed by atoms with Gasteiger partial charge in [0.2, 0.25) is 0 Å². The lowest BCUT2D eigenvalue weighted by atomic mass is 10.0. The van der Waals surface area contributed by atoms with Gasteiger partial charge in [-0.15, -0.1) is 11.3 Å².